The third kappa shape index (κ3) is 5.94. The first-order chi connectivity index (χ1) is 9.13. The van der Waals surface area contributed by atoms with Gasteiger partial charge in [-0.1, -0.05) is 12.1 Å². The number of phenolic OH excluding ortho intramolecular Hbond substituents is 1. The van der Waals surface area contributed by atoms with E-state index in [0.29, 0.717) is 13.0 Å². The van der Waals surface area contributed by atoms with Crippen molar-refractivity contribution in [3.05, 3.63) is 29.8 Å². The molecule has 0 aliphatic carbocycles. The second-order valence-corrected chi connectivity index (χ2v) is 4.43. The van der Waals surface area contributed by atoms with E-state index in [-0.39, 0.29) is 11.7 Å². The number of nitrogens with one attached hydrogen (secondary N) is 1. The van der Waals surface area contributed by atoms with Crippen LogP contribution in [0.1, 0.15) is 24.8 Å². The molecule has 4 N–H and O–H groups in total. The summed E-state index contributed by atoms with van der Waals surface area (Å²) < 4.78 is 0. The monoisotopic (exact) mass is 260 g/mol. The molecule has 0 bridgehead atoms. The van der Waals surface area contributed by atoms with Crippen molar-refractivity contribution in [3.8, 4) is 18.1 Å². The van der Waals surface area contributed by atoms with Crippen molar-refractivity contribution in [2.75, 3.05) is 6.54 Å². The molecule has 0 heterocycles. The van der Waals surface area contributed by atoms with Crippen LogP contribution in [0.2, 0.25) is 0 Å². The van der Waals surface area contributed by atoms with Gasteiger partial charge in [-0.3, -0.25) is 4.79 Å². The number of unbranched alkanes of at least 4 members (excludes halogenated alkanes) is 2. The van der Waals surface area contributed by atoms with Gasteiger partial charge in [-0.25, -0.2) is 0 Å². The second kappa shape index (κ2) is 8.17. The molecule has 0 saturated heterocycles. The van der Waals surface area contributed by atoms with Crippen LogP contribution in [-0.2, 0) is 11.2 Å². The predicted octanol–water partition coefficient (Wildman–Crippen LogP) is 1.18. The third-order valence-electron chi connectivity index (χ3n) is 2.78. The van der Waals surface area contributed by atoms with Gasteiger partial charge in [0.2, 0.25) is 5.91 Å². The largest absolute Gasteiger partial charge is 0.508 e. The maximum absolute atomic E-state index is 11.7. The van der Waals surface area contributed by atoms with Crippen LogP contribution >= 0.6 is 0 Å². The van der Waals surface area contributed by atoms with E-state index in [1.54, 1.807) is 24.3 Å². The van der Waals surface area contributed by atoms with Gasteiger partial charge in [-0.05, 0) is 37.0 Å². The lowest BCUT2D eigenvalue weighted by atomic mass is 10.1. The molecule has 4 nitrogen and oxygen atoms in total. The van der Waals surface area contributed by atoms with E-state index in [1.807, 2.05) is 0 Å². The highest BCUT2D eigenvalue weighted by Gasteiger charge is 2.13. The van der Waals surface area contributed by atoms with Gasteiger partial charge < -0.3 is 16.2 Å². The number of rotatable bonds is 7. The van der Waals surface area contributed by atoms with Gasteiger partial charge in [0, 0.05) is 13.0 Å². The molecule has 1 atom stereocenters. The highest BCUT2D eigenvalue weighted by Crippen LogP contribution is 2.10. The molecule has 0 saturated carbocycles. The first kappa shape index (κ1) is 15.1. The molecule has 0 unspecified atom stereocenters. The third-order valence-corrected chi connectivity index (χ3v) is 2.78. The number of carbonyl (C=O) groups excluding carboxylic acids is 1. The van der Waals surface area contributed by atoms with Crippen LogP contribution in [0, 0.1) is 12.3 Å². The van der Waals surface area contributed by atoms with E-state index < -0.39 is 6.04 Å². The van der Waals surface area contributed by atoms with Crippen LogP contribution in [0.3, 0.4) is 0 Å². The van der Waals surface area contributed by atoms with Crippen LogP contribution in [0.4, 0.5) is 0 Å². The number of terminal acetylenes is 1. The Balaban J connectivity index is 2.28. The Morgan fingerprint density at radius 2 is 2.05 bits per heavy atom. The Morgan fingerprint density at radius 1 is 1.37 bits per heavy atom. The minimum absolute atomic E-state index is 0.159. The smallest absolute Gasteiger partial charge is 0.237 e. The number of amides is 1. The molecule has 0 aliphatic heterocycles. The topological polar surface area (TPSA) is 75.4 Å². The van der Waals surface area contributed by atoms with Gasteiger partial charge in [0.05, 0.1) is 6.04 Å². The summed E-state index contributed by atoms with van der Waals surface area (Å²) in [6, 6.07) is 6.11. The summed E-state index contributed by atoms with van der Waals surface area (Å²) in [5, 5.41) is 12.0. The van der Waals surface area contributed by atoms with Crippen molar-refractivity contribution in [2.24, 2.45) is 5.73 Å². The lowest BCUT2D eigenvalue weighted by Gasteiger charge is -2.12. The van der Waals surface area contributed by atoms with Crippen molar-refractivity contribution >= 4 is 5.91 Å². The highest BCUT2D eigenvalue weighted by molar-refractivity contribution is 5.81. The molecule has 19 heavy (non-hydrogen) atoms. The van der Waals surface area contributed by atoms with Gasteiger partial charge in [-0.15, -0.1) is 12.3 Å². The Hall–Kier alpha value is -1.99. The molecule has 1 rings (SSSR count). The number of nitrogens with two attached hydrogens (primary N) is 1. The summed E-state index contributed by atoms with van der Waals surface area (Å²) in [7, 11) is 0. The molecule has 0 spiro atoms. The Kier molecular flexibility index (Phi) is 6.48. The van der Waals surface area contributed by atoms with Crippen LogP contribution in [0.25, 0.3) is 0 Å². The summed E-state index contributed by atoms with van der Waals surface area (Å²) in [6.45, 7) is 0.601. The van der Waals surface area contributed by atoms with E-state index in [2.05, 4.69) is 11.2 Å². The van der Waals surface area contributed by atoms with Gasteiger partial charge in [0.1, 0.15) is 5.75 Å². The fourth-order valence-corrected chi connectivity index (χ4v) is 1.67. The van der Waals surface area contributed by atoms with Crippen LogP contribution in [-0.4, -0.2) is 23.6 Å². The van der Waals surface area contributed by atoms with Crippen molar-refractivity contribution in [1.82, 2.24) is 5.32 Å². The Bertz CT molecular complexity index is 434. The zero-order valence-corrected chi connectivity index (χ0v) is 10.9. The van der Waals surface area contributed by atoms with Gasteiger partial charge >= 0.3 is 0 Å². The summed E-state index contributed by atoms with van der Waals surface area (Å²) in [5.74, 6) is 2.60. The zero-order valence-electron chi connectivity index (χ0n) is 10.9. The molecule has 4 heteroatoms. The minimum atomic E-state index is -0.572. The molecule has 0 radical (unpaired) electrons. The summed E-state index contributed by atoms with van der Waals surface area (Å²) in [4.78, 5) is 11.7. The number of phenols is 1. The van der Waals surface area contributed by atoms with E-state index >= 15 is 0 Å². The Labute approximate surface area is 114 Å². The molecule has 102 valence electrons. The normalized spacial score (nSPS) is 11.6. The number of benzene rings is 1. The molecular weight excluding hydrogens is 240 g/mol. The molecule has 0 aromatic heterocycles. The van der Waals surface area contributed by atoms with Crippen LogP contribution in [0.15, 0.2) is 24.3 Å². The van der Waals surface area contributed by atoms with E-state index in [9.17, 15) is 4.79 Å². The predicted molar refractivity (Wildman–Crippen MR) is 75.5 cm³/mol. The quantitative estimate of drug-likeness (QED) is 0.509. The fourth-order valence-electron chi connectivity index (χ4n) is 1.67. The van der Waals surface area contributed by atoms with Gasteiger partial charge in [0.15, 0.2) is 0 Å². The summed E-state index contributed by atoms with van der Waals surface area (Å²) in [6.07, 6.45) is 8.10. The number of aromatic hydroxyl groups is 1. The second-order valence-electron chi connectivity index (χ2n) is 4.43. The van der Waals surface area contributed by atoms with Gasteiger partial charge in [0.25, 0.3) is 0 Å². The standard InChI is InChI=1S/C15H20N2O2/c1-2-3-4-5-10-17-15(19)14(16)11-12-6-8-13(18)9-7-12/h1,6-9,14,18H,3-5,10-11,16H2,(H,17,19)/t14-/m0/s1. The first-order valence-electron chi connectivity index (χ1n) is 6.38. The van der Waals surface area contributed by atoms with E-state index in [0.717, 1.165) is 24.8 Å². The van der Waals surface area contributed by atoms with Crippen molar-refractivity contribution in [3.63, 3.8) is 0 Å². The number of hydrogen-bond donors (Lipinski definition) is 3. The zero-order chi connectivity index (χ0) is 14.1. The number of hydrogen-bond acceptors (Lipinski definition) is 3. The Morgan fingerprint density at radius 3 is 2.68 bits per heavy atom. The molecule has 0 aliphatic rings. The summed E-state index contributed by atoms with van der Waals surface area (Å²) in [5.41, 5.74) is 6.75. The van der Waals surface area contributed by atoms with Crippen molar-refractivity contribution in [2.45, 2.75) is 31.7 Å². The lowest BCUT2D eigenvalue weighted by molar-refractivity contribution is -0.122. The maximum atomic E-state index is 11.7. The van der Waals surface area contributed by atoms with Crippen molar-refractivity contribution < 1.29 is 9.90 Å². The molecule has 1 aromatic carbocycles. The SMILES string of the molecule is C#CCCCCNC(=O)[C@@H](N)Cc1ccc(O)cc1. The van der Waals surface area contributed by atoms with Crippen LogP contribution < -0.4 is 11.1 Å². The van der Waals surface area contributed by atoms with E-state index in [1.165, 1.54) is 0 Å². The van der Waals surface area contributed by atoms with Crippen LogP contribution in [0.5, 0.6) is 5.75 Å². The average molecular weight is 260 g/mol. The number of carbonyl (C=O) groups is 1. The molecular formula is C15H20N2O2. The fraction of sp³-hybridized carbons (Fsp3) is 0.400. The average Bonchev–Trinajstić information content (AvgIpc) is 2.41. The molecule has 0 fully saturated rings. The van der Waals surface area contributed by atoms with Gasteiger partial charge in [-0.2, -0.15) is 0 Å². The van der Waals surface area contributed by atoms with E-state index in [4.69, 9.17) is 17.3 Å². The lowest BCUT2D eigenvalue weighted by Crippen LogP contribution is -2.42. The molecule has 1 amide bonds. The maximum Gasteiger partial charge on any atom is 0.237 e. The summed E-state index contributed by atoms with van der Waals surface area (Å²) >= 11 is 0. The first-order valence-corrected chi connectivity index (χ1v) is 6.38. The minimum Gasteiger partial charge on any atom is -0.508 e. The highest BCUT2D eigenvalue weighted by atomic mass is 16.3. The van der Waals surface area contributed by atoms with Crippen molar-refractivity contribution in [1.29, 1.82) is 0 Å². The molecule has 1 aromatic rings.